The molecule has 1 aliphatic heterocycles. The van der Waals surface area contributed by atoms with Crippen LogP contribution < -0.4 is 16.6 Å². The molecule has 2 heterocycles. The summed E-state index contributed by atoms with van der Waals surface area (Å²) in [6.45, 7) is 0.0617. The van der Waals surface area contributed by atoms with Crippen LogP contribution in [0.2, 0.25) is 0 Å². The number of amides is 1. The fourth-order valence-corrected chi connectivity index (χ4v) is 1.76. The average molecular weight is 269 g/mol. The minimum Gasteiger partial charge on any atom is -0.481 e. The van der Waals surface area contributed by atoms with Gasteiger partial charge in [0.2, 0.25) is 0 Å². The molecule has 0 aliphatic carbocycles. The van der Waals surface area contributed by atoms with Gasteiger partial charge in [-0.2, -0.15) is 0 Å². The van der Waals surface area contributed by atoms with E-state index in [1.807, 2.05) is 4.98 Å². The van der Waals surface area contributed by atoms with E-state index in [1.165, 1.54) is 0 Å². The van der Waals surface area contributed by atoms with E-state index in [0.29, 0.717) is 0 Å². The molecule has 4 N–H and O–H groups in total. The summed E-state index contributed by atoms with van der Waals surface area (Å²) in [6.07, 6.45) is 0.974. The van der Waals surface area contributed by atoms with E-state index in [-0.39, 0.29) is 18.8 Å². The molecule has 1 amide bonds. The van der Waals surface area contributed by atoms with Gasteiger partial charge in [0.1, 0.15) is 11.5 Å². The molecule has 102 valence electrons. The van der Waals surface area contributed by atoms with E-state index in [2.05, 4.69) is 10.3 Å². The molecule has 1 saturated heterocycles. The number of nitrogens with one attached hydrogen (secondary N) is 3. The Kier molecular flexibility index (Phi) is 3.47. The van der Waals surface area contributed by atoms with Crippen LogP contribution in [-0.2, 0) is 9.53 Å². The Morgan fingerprint density at radius 2 is 2.11 bits per heavy atom. The summed E-state index contributed by atoms with van der Waals surface area (Å²) < 4.78 is 4.98. The smallest absolute Gasteiger partial charge is 0.325 e. The summed E-state index contributed by atoms with van der Waals surface area (Å²) in [5, 5.41) is 11.3. The molecule has 0 spiro atoms. The maximum absolute atomic E-state index is 11.8. The zero-order valence-electron chi connectivity index (χ0n) is 9.63. The second-order valence-corrected chi connectivity index (χ2v) is 4.05. The van der Waals surface area contributed by atoms with Gasteiger partial charge in [-0.25, -0.2) is 4.79 Å². The van der Waals surface area contributed by atoms with Gasteiger partial charge in [0.05, 0.1) is 19.3 Å². The molecular formula is C10H11N3O6. The lowest BCUT2D eigenvalue weighted by Gasteiger charge is -2.15. The molecule has 0 aromatic carbocycles. The fraction of sp³-hybridized carbons (Fsp3) is 0.400. The van der Waals surface area contributed by atoms with Crippen molar-refractivity contribution in [1.29, 1.82) is 0 Å². The summed E-state index contributed by atoms with van der Waals surface area (Å²) >= 11 is 0. The third-order valence-electron chi connectivity index (χ3n) is 2.78. The van der Waals surface area contributed by atoms with Crippen molar-refractivity contribution in [2.24, 2.45) is 5.92 Å². The number of aromatic nitrogens is 2. The molecule has 2 rings (SSSR count). The van der Waals surface area contributed by atoms with E-state index in [4.69, 9.17) is 9.84 Å². The number of carbonyl (C=O) groups is 2. The first kappa shape index (κ1) is 13.0. The summed E-state index contributed by atoms with van der Waals surface area (Å²) in [5.41, 5.74) is -1.86. The Balaban J connectivity index is 2.15. The third-order valence-corrected chi connectivity index (χ3v) is 2.78. The number of carboxylic acid groups (broad SMARTS) is 1. The maximum atomic E-state index is 11.8. The lowest BCUT2D eigenvalue weighted by molar-refractivity contribution is -0.142. The molecule has 19 heavy (non-hydrogen) atoms. The molecule has 2 atom stereocenters. The predicted octanol–water partition coefficient (Wildman–Crippen LogP) is -2.11. The zero-order valence-corrected chi connectivity index (χ0v) is 9.63. The standard InChI is InChI=1S/C10H11N3O6/c14-7(4-1-11-10(18)13-8(4)15)12-6-3-19-2-5(6)9(16)17/h1,5-6H,2-3H2,(H,12,14)(H,16,17)(H2,11,13,15,18). The van der Waals surface area contributed by atoms with Crippen LogP contribution >= 0.6 is 0 Å². The Bertz CT molecular complexity index is 618. The Morgan fingerprint density at radius 1 is 1.37 bits per heavy atom. The molecule has 1 aromatic heterocycles. The van der Waals surface area contributed by atoms with Crippen molar-refractivity contribution < 1.29 is 19.4 Å². The van der Waals surface area contributed by atoms with Crippen molar-refractivity contribution in [3.8, 4) is 0 Å². The second kappa shape index (κ2) is 5.06. The molecule has 0 bridgehead atoms. The van der Waals surface area contributed by atoms with Crippen molar-refractivity contribution >= 4 is 11.9 Å². The van der Waals surface area contributed by atoms with Gasteiger partial charge in [-0.3, -0.25) is 19.4 Å². The lowest BCUT2D eigenvalue weighted by Crippen LogP contribution is -2.44. The highest BCUT2D eigenvalue weighted by molar-refractivity contribution is 5.94. The van der Waals surface area contributed by atoms with Crippen LogP contribution in [0, 0.1) is 5.92 Å². The maximum Gasteiger partial charge on any atom is 0.325 e. The van der Waals surface area contributed by atoms with E-state index < -0.39 is 35.1 Å². The number of rotatable bonds is 3. The van der Waals surface area contributed by atoms with Gasteiger partial charge < -0.3 is 20.1 Å². The number of carbonyl (C=O) groups excluding carboxylic acids is 1. The molecule has 2 unspecified atom stereocenters. The van der Waals surface area contributed by atoms with Crippen molar-refractivity contribution in [2.75, 3.05) is 13.2 Å². The molecule has 1 aliphatic rings. The fourth-order valence-electron chi connectivity index (χ4n) is 1.76. The van der Waals surface area contributed by atoms with E-state index in [9.17, 15) is 19.2 Å². The quantitative estimate of drug-likeness (QED) is 0.495. The minimum absolute atomic E-state index is 0.00224. The number of aliphatic carboxylic acids is 1. The largest absolute Gasteiger partial charge is 0.481 e. The van der Waals surface area contributed by atoms with Crippen LogP contribution in [0.1, 0.15) is 10.4 Å². The van der Waals surface area contributed by atoms with Crippen molar-refractivity contribution in [1.82, 2.24) is 15.3 Å². The monoisotopic (exact) mass is 269 g/mol. The summed E-state index contributed by atoms with van der Waals surface area (Å²) in [7, 11) is 0. The van der Waals surface area contributed by atoms with Crippen LogP contribution in [0.25, 0.3) is 0 Å². The normalized spacial score (nSPS) is 22.1. The molecule has 9 heteroatoms. The van der Waals surface area contributed by atoms with Crippen LogP contribution in [0.4, 0.5) is 0 Å². The lowest BCUT2D eigenvalue weighted by atomic mass is 10.0. The van der Waals surface area contributed by atoms with Crippen LogP contribution in [0.5, 0.6) is 0 Å². The van der Waals surface area contributed by atoms with Gasteiger partial charge in [-0.05, 0) is 0 Å². The SMILES string of the molecule is O=C(NC1COCC1C(=O)O)c1c[nH]c(=O)[nH]c1=O. The van der Waals surface area contributed by atoms with Crippen molar-refractivity contribution in [2.45, 2.75) is 6.04 Å². The molecule has 1 fully saturated rings. The number of ether oxygens (including phenoxy) is 1. The van der Waals surface area contributed by atoms with Crippen LogP contribution in [0.15, 0.2) is 15.8 Å². The first-order chi connectivity index (χ1) is 8.99. The van der Waals surface area contributed by atoms with Gasteiger partial charge in [-0.1, -0.05) is 0 Å². The summed E-state index contributed by atoms with van der Waals surface area (Å²) in [4.78, 5) is 49.0. The molecular weight excluding hydrogens is 258 g/mol. The van der Waals surface area contributed by atoms with Crippen LogP contribution in [0.3, 0.4) is 0 Å². The van der Waals surface area contributed by atoms with Gasteiger partial charge in [0.15, 0.2) is 0 Å². The number of aromatic amines is 2. The third kappa shape index (κ3) is 2.71. The van der Waals surface area contributed by atoms with Gasteiger partial charge >= 0.3 is 11.7 Å². The highest BCUT2D eigenvalue weighted by Crippen LogP contribution is 2.14. The summed E-state index contributed by atoms with van der Waals surface area (Å²) in [6, 6.07) is -0.712. The second-order valence-electron chi connectivity index (χ2n) is 4.05. The van der Waals surface area contributed by atoms with Crippen molar-refractivity contribution in [3.63, 3.8) is 0 Å². The Morgan fingerprint density at radius 3 is 2.74 bits per heavy atom. The van der Waals surface area contributed by atoms with Gasteiger partial charge in [-0.15, -0.1) is 0 Å². The number of H-pyrrole nitrogens is 2. The number of hydrogen-bond donors (Lipinski definition) is 4. The van der Waals surface area contributed by atoms with Gasteiger partial charge in [0, 0.05) is 6.20 Å². The highest BCUT2D eigenvalue weighted by Gasteiger charge is 2.35. The van der Waals surface area contributed by atoms with E-state index in [1.54, 1.807) is 0 Å². The molecule has 9 nitrogen and oxygen atoms in total. The van der Waals surface area contributed by atoms with Gasteiger partial charge in [0.25, 0.3) is 11.5 Å². The first-order valence-electron chi connectivity index (χ1n) is 5.42. The number of hydrogen-bond acceptors (Lipinski definition) is 5. The molecule has 1 aromatic rings. The predicted molar refractivity (Wildman–Crippen MR) is 60.9 cm³/mol. The average Bonchev–Trinajstić information content (AvgIpc) is 2.76. The van der Waals surface area contributed by atoms with E-state index in [0.717, 1.165) is 6.20 Å². The molecule has 0 saturated carbocycles. The molecule has 0 radical (unpaired) electrons. The highest BCUT2D eigenvalue weighted by atomic mass is 16.5. The summed E-state index contributed by atoms with van der Waals surface area (Å²) in [5.74, 6) is -2.71. The van der Waals surface area contributed by atoms with Crippen molar-refractivity contribution in [3.05, 3.63) is 32.6 Å². The van der Waals surface area contributed by atoms with E-state index >= 15 is 0 Å². The minimum atomic E-state index is -1.09. The number of carboxylic acids is 1. The zero-order chi connectivity index (χ0) is 14.0. The Labute approximate surface area is 105 Å². The first-order valence-corrected chi connectivity index (χ1v) is 5.42. The van der Waals surface area contributed by atoms with Crippen LogP contribution in [-0.4, -0.2) is 46.2 Å². The Hall–Kier alpha value is -2.42. The topological polar surface area (TPSA) is 141 Å².